The molecule has 2 rings (SSSR count). The van der Waals surface area contributed by atoms with E-state index in [2.05, 4.69) is 44.3 Å². The number of carbonyl (C=O) groups is 1. The first-order valence-corrected chi connectivity index (χ1v) is 8.59. The van der Waals surface area contributed by atoms with Crippen molar-refractivity contribution in [2.24, 2.45) is 0 Å². The number of halogens is 1. The van der Waals surface area contributed by atoms with Crippen molar-refractivity contribution in [1.82, 2.24) is 5.32 Å². The summed E-state index contributed by atoms with van der Waals surface area (Å²) in [5.74, 6) is 0.364. The maximum Gasteiger partial charge on any atom is 0.261 e. The van der Waals surface area contributed by atoms with Crippen LogP contribution in [0.25, 0.3) is 0 Å². The molecule has 0 spiro atoms. The molecular weight excluding hydrogens is 322 g/mol. The molecule has 4 heteroatoms. The highest BCUT2D eigenvalue weighted by Gasteiger charge is 2.21. The van der Waals surface area contributed by atoms with E-state index in [4.69, 9.17) is 16.3 Å². The summed E-state index contributed by atoms with van der Waals surface area (Å²) >= 11 is 6.08. The summed E-state index contributed by atoms with van der Waals surface area (Å²) in [7, 11) is 0. The van der Waals surface area contributed by atoms with Crippen LogP contribution in [-0.2, 0) is 4.79 Å². The summed E-state index contributed by atoms with van der Waals surface area (Å²) < 4.78 is 5.69. The van der Waals surface area contributed by atoms with Gasteiger partial charge in [0, 0.05) is 0 Å². The number of benzene rings is 2. The van der Waals surface area contributed by atoms with E-state index in [1.165, 1.54) is 11.1 Å². The zero-order chi connectivity index (χ0) is 17.7. The first-order chi connectivity index (χ1) is 11.4. The molecule has 24 heavy (non-hydrogen) atoms. The van der Waals surface area contributed by atoms with Crippen LogP contribution in [0.3, 0.4) is 0 Å². The topological polar surface area (TPSA) is 38.3 Å². The number of hydrogen-bond donors (Lipinski definition) is 1. The Hall–Kier alpha value is -2.00. The van der Waals surface area contributed by atoms with Gasteiger partial charge >= 0.3 is 0 Å². The predicted molar refractivity (Wildman–Crippen MR) is 98.6 cm³/mol. The second-order valence-corrected chi connectivity index (χ2v) is 6.43. The molecule has 2 aromatic carbocycles. The van der Waals surface area contributed by atoms with Gasteiger partial charge in [-0.15, -0.1) is 0 Å². The Morgan fingerprint density at radius 2 is 1.92 bits per heavy atom. The summed E-state index contributed by atoms with van der Waals surface area (Å²) in [4.78, 5) is 12.5. The second-order valence-electron chi connectivity index (χ2n) is 6.02. The molecule has 0 fully saturated rings. The first-order valence-electron chi connectivity index (χ1n) is 8.21. The van der Waals surface area contributed by atoms with Gasteiger partial charge in [-0.3, -0.25) is 4.79 Å². The molecule has 1 N–H and O–H groups in total. The third-order valence-electron chi connectivity index (χ3n) is 4.04. The van der Waals surface area contributed by atoms with E-state index in [0.29, 0.717) is 10.8 Å². The Morgan fingerprint density at radius 1 is 1.21 bits per heavy atom. The van der Waals surface area contributed by atoms with Crippen LogP contribution < -0.4 is 10.1 Å². The number of rotatable bonds is 6. The number of aryl methyl sites for hydroxylation is 2. The number of ether oxygens (including phenoxy) is 1. The number of para-hydroxylation sites is 1. The molecule has 0 aromatic heterocycles. The molecule has 2 aromatic rings. The van der Waals surface area contributed by atoms with E-state index in [9.17, 15) is 4.79 Å². The van der Waals surface area contributed by atoms with E-state index in [0.717, 1.165) is 12.0 Å². The largest absolute Gasteiger partial charge is 0.479 e. The number of hydrogen-bond acceptors (Lipinski definition) is 2. The molecule has 0 saturated carbocycles. The SMILES string of the molecule is CC[C@H](NC(=O)[C@@H](C)Oc1ccccc1Cl)c1ccc(C)cc1C. The molecule has 128 valence electrons. The van der Waals surface area contributed by atoms with Crippen LogP contribution in [0.5, 0.6) is 5.75 Å². The lowest BCUT2D eigenvalue weighted by Gasteiger charge is -2.23. The summed E-state index contributed by atoms with van der Waals surface area (Å²) in [6.07, 6.45) is 0.193. The predicted octanol–water partition coefficient (Wildman–Crippen LogP) is 4.99. The molecule has 0 aliphatic carbocycles. The molecule has 0 saturated heterocycles. The Morgan fingerprint density at radius 3 is 2.54 bits per heavy atom. The summed E-state index contributed by atoms with van der Waals surface area (Å²) in [6, 6.07) is 13.4. The Bertz CT molecular complexity index is 715. The van der Waals surface area contributed by atoms with E-state index in [1.54, 1.807) is 19.1 Å². The van der Waals surface area contributed by atoms with Gasteiger partial charge in [0.15, 0.2) is 6.10 Å². The Labute approximate surface area is 149 Å². The van der Waals surface area contributed by atoms with E-state index < -0.39 is 6.10 Å². The molecule has 0 aliphatic rings. The average molecular weight is 346 g/mol. The fourth-order valence-electron chi connectivity index (χ4n) is 2.69. The molecule has 2 atom stereocenters. The molecule has 1 amide bonds. The smallest absolute Gasteiger partial charge is 0.261 e. The minimum atomic E-state index is -0.621. The van der Waals surface area contributed by atoms with Crippen molar-refractivity contribution >= 4 is 17.5 Å². The fourth-order valence-corrected chi connectivity index (χ4v) is 2.87. The van der Waals surface area contributed by atoms with Crippen molar-refractivity contribution in [3.8, 4) is 5.75 Å². The Kier molecular flexibility index (Phi) is 6.27. The molecule has 0 aliphatic heterocycles. The van der Waals surface area contributed by atoms with Gasteiger partial charge in [-0.1, -0.05) is 54.4 Å². The maximum absolute atomic E-state index is 12.5. The van der Waals surface area contributed by atoms with Gasteiger partial charge < -0.3 is 10.1 Å². The zero-order valence-corrected chi connectivity index (χ0v) is 15.4. The van der Waals surface area contributed by atoms with Crippen LogP contribution in [0, 0.1) is 13.8 Å². The van der Waals surface area contributed by atoms with Crippen molar-refractivity contribution in [3.05, 3.63) is 64.2 Å². The van der Waals surface area contributed by atoms with Gasteiger partial charge in [-0.2, -0.15) is 0 Å². The number of nitrogens with one attached hydrogen (secondary N) is 1. The monoisotopic (exact) mass is 345 g/mol. The minimum Gasteiger partial charge on any atom is -0.479 e. The lowest BCUT2D eigenvalue weighted by molar-refractivity contribution is -0.128. The normalized spacial score (nSPS) is 13.2. The molecule has 0 bridgehead atoms. The van der Waals surface area contributed by atoms with Crippen LogP contribution in [0.2, 0.25) is 5.02 Å². The zero-order valence-electron chi connectivity index (χ0n) is 14.6. The van der Waals surface area contributed by atoms with E-state index >= 15 is 0 Å². The van der Waals surface area contributed by atoms with Gasteiger partial charge in [0.1, 0.15) is 5.75 Å². The van der Waals surface area contributed by atoms with Crippen LogP contribution in [0.4, 0.5) is 0 Å². The third-order valence-corrected chi connectivity index (χ3v) is 4.35. The summed E-state index contributed by atoms with van der Waals surface area (Å²) in [6.45, 7) is 7.92. The highest BCUT2D eigenvalue weighted by molar-refractivity contribution is 6.32. The van der Waals surface area contributed by atoms with Crippen molar-refractivity contribution in [2.45, 2.75) is 46.3 Å². The molecule has 3 nitrogen and oxygen atoms in total. The van der Waals surface area contributed by atoms with Crippen molar-refractivity contribution < 1.29 is 9.53 Å². The van der Waals surface area contributed by atoms with Gasteiger partial charge in [-0.25, -0.2) is 0 Å². The van der Waals surface area contributed by atoms with E-state index in [1.807, 2.05) is 12.1 Å². The molecule has 0 heterocycles. The number of carbonyl (C=O) groups excluding carboxylic acids is 1. The maximum atomic E-state index is 12.5. The van der Waals surface area contributed by atoms with Crippen molar-refractivity contribution in [2.75, 3.05) is 0 Å². The lowest BCUT2D eigenvalue weighted by atomic mass is 9.97. The highest BCUT2D eigenvalue weighted by atomic mass is 35.5. The average Bonchev–Trinajstić information content (AvgIpc) is 2.55. The second kappa shape index (κ2) is 8.20. The van der Waals surface area contributed by atoms with Crippen LogP contribution in [-0.4, -0.2) is 12.0 Å². The number of amides is 1. The fraction of sp³-hybridized carbons (Fsp3) is 0.350. The first kappa shape index (κ1) is 18.3. The summed E-state index contributed by atoms with van der Waals surface area (Å²) in [5.41, 5.74) is 3.54. The lowest BCUT2D eigenvalue weighted by Crippen LogP contribution is -2.38. The van der Waals surface area contributed by atoms with Gasteiger partial charge in [0.05, 0.1) is 11.1 Å². The quantitative estimate of drug-likeness (QED) is 0.800. The summed E-state index contributed by atoms with van der Waals surface area (Å²) in [5, 5.41) is 3.57. The Balaban J connectivity index is 2.07. The van der Waals surface area contributed by atoms with E-state index in [-0.39, 0.29) is 11.9 Å². The van der Waals surface area contributed by atoms with Crippen LogP contribution in [0.1, 0.15) is 43.0 Å². The molecular formula is C20H24ClNO2. The minimum absolute atomic E-state index is 0.0320. The standard InChI is InChI=1S/C20H24ClNO2/c1-5-18(16-11-10-13(2)12-14(16)3)22-20(23)15(4)24-19-9-7-6-8-17(19)21/h6-12,15,18H,5H2,1-4H3,(H,22,23)/t15-,18+/m1/s1. The van der Waals surface area contributed by atoms with Gasteiger partial charge in [0.25, 0.3) is 5.91 Å². The highest BCUT2D eigenvalue weighted by Crippen LogP contribution is 2.25. The molecule has 0 unspecified atom stereocenters. The third kappa shape index (κ3) is 4.51. The van der Waals surface area contributed by atoms with Gasteiger partial charge in [0.2, 0.25) is 0 Å². The molecule has 0 radical (unpaired) electrons. The van der Waals surface area contributed by atoms with Crippen molar-refractivity contribution in [3.63, 3.8) is 0 Å². The van der Waals surface area contributed by atoms with Gasteiger partial charge in [-0.05, 0) is 50.5 Å². The van der Waals surface area contributed by atoms with Crippen LogP contribution >= 0.6 is 11.6 Å². The van der Waals surface area contributed by atoms with Crippen LogP contribution in [0.15, 0.2) is 42.5 Å². The van der Waals surface area contributed by atoms with Crippen molar-refractivity contribution in [1.29, 1.82) is 0 Å².